The Morgan fingerprint density at radius 2 is 2.14 bits per heavy atom. The number of fused-ring (bicyclic) bond motifs is 1. The van der Waals surface area contributed by atoms with Gasteiger partial charge in [-0.15, -0.1) is 0 Å². The fourth-order valence-electron chi connectivity index (χ4n) is 1.39. The number of carbonyl (C=O) groups excluding carboxylic acids is 1. The fraction of sp³-hybridized carbons (Fsp3) is 0.200. The van der Waals surface area contributed by atoms with E-state index in [2.05, 4.69) is 0 Å². The smallest absolute Gasteiger partial charge is 0.298 e. The van der Waals surface area contributed by atoms with Crippen LogP contribution in [0.3, 0.4) is 0 Å². The number of Topliss-reactive ketones (excluding diaryl/α,β-unsaturated/α-hetero) is 1. The van der Waals surface area contributed by atoms with E-state index in [4.69, 9.17) is 0 Å². The maximum Gasteiger partial charge on any atom is 0.308 e. The van der Waals surface area contributed by atoms with Crippen molar-refractivity contribution in [2.45, 2.75) is 13.5 Å². The molecule has 1 heterocycles. The summed E-state index contributed by atoms with van der Waals surface area (Å²) in [6.45, 7) is 1.65. The van der Waals surface area contributed by atoms with Crippen LogP contribution in [0, 0.1) is 0 Å². The van der Waals surface area contributed by atoms with E-state index in [1.807, 2.05) is 24.3 Å². The Kier molecular flexibility index (Phi) is 2.21. The molecule has 0 bridgehead atoms. The van der Waals surface area contributed by atoms with Crippen LogP contribution in [0.15, 0.2) is 29.1 Å². The molecule has 0 saturated carbocycles. The highest BCUT2D eigenvalue weighted by Crippen LogP contribution is 2.15. The number of thiazole rings is 1. The predicted octanol–water partition coefficient (Wildman–Crippen LogP) is 1.65. The average Bonchev–Trinajstić information content (AvgIpc) is 2.43. The van der Waals surface area contributed by atoms with E-state index >= 15 is 0 Å². The van der Waals surface area contributed by atoms with Crippen LogP contribution in [-0.4, -0.2) is 10.4 Å². The number of carbonyl (C=O) groups is 1. The number of ketones is 1. The number of aromatic nitrogens is 1. The van der Waals surface area contributed by atoms with Gasteiger partial charge in [-0.25, -0.2) is 0 Å². The summed E-state index contributed by atoms with van der Waals surface area (Å²) in [6, 6.07) is 7.50. The average molecular weight is 207 g/mol. The molecule has 0 atom stereocenters. The molecule has 0 radical (unpaired) electrons. The van der Waals surface area contributed by atoms with Crippen molar-refractivity contribution in [3.63, 3.8) is 0 Å². The normalized spacial score (nSPS) is 10.6. The Morgan fingerprint density at radius 1 is 1.43 bits per heavy atom. The Labute approximate surface area is 84.6 Å². The first kappa shape index (κ1) is 9.15. The van der Waals surface area contributed by atoms with Gasteiger partial charge in [0.15, 0.2) is 0 Å². The summed E-state index contributed by atoms with van der Waals surface area (Å²) in [5.74, 6) is -0.00402. The van der Waals surface area contributed by atoms with Crippen LogP contribution in [0.25, 0.3) is 10.2 Å². The molecule has 14 heavy (non-hydrogen) atoms. The van der Waals surface area contributed by atoms with Gasteiger partial charge in [-0.3, -0.25) is 14.2 Å². The second kappa shape index (κ2) is 3.38. The van der Waals surface area contributed by atoms with E-state index in [-0.39, 0.29) is 17.2 Å². The number of para-hydroxylation sites is 1. The van der Waals surface area contributed by atoms with E-state index in [0.717, 1.165) is 10.2 Å². The van der Waals surface area contributed by atoms with Gasteiger partial charge >= 0.3 is 4.87 Å². The molecule has 0 saturated heterocycles. The van der Waals surface area contributed by atoms with Gasteiger partial charge in [0.1, 0.15) is 5.78 Å². The lowest BCUT2D eigenvalue weighted by Gasteiger charge is -1.98. The van der Waals surface area contributed by atoms with Crippen molar-refractivity contribution < 1.29 is 4.79 Å². The molecule has 3 nitrogen and oxygen atoms in total. The number of rotatable bonds is 2. The highest BCUT2D eigenvalue weighted by Gasteiger charge is 2.07. The third kappa shape index (κ3) is 1.48. The largest absolute Gasteiger partial charge is 0.308 e. The lowest BCUT2D eigenvalue weighted by molar-refractivity contribution is -0.117. The van der Waals surface area contributed by atoms with Gasteiger partial charge in [-0.2, -0.15) is 0 Å². The first-order chi connectivity index (χ1) is 6.68. The number of benzene rings is 1. The van der Waals surface area contributed by atoms with Crippen molar-refractivity contribution in [2.75, 3.05) is 0 Å². The van der Waals surface area contributed by atoms with Gasteiger partial charge in [0, 0.05) is 0 Å². The lowest BCUT2D eigenvalue weighted by Crippen LogP contribution is -2.17. The molecule has 1 aromatic heterocycles. The van der Waals surface area contributed by atoms with Gasteiger partial charge in [-0.1, -0.05) is 23.5 Å². The zero-order valence-corrected chi connectivity index (χ0v) is 8.50. The summed E-state index contributed by atoms with van der Waals surface area (Å²) < 4.78 is 2.45. The Morgan fingerprint density at radius 3 is 2.86 bits per heavy atom. The highest BCUT2D eigenvalue weighted by molar-refractivity contribution is 7.16. The highest BCUT2D eigenvalue weighted by atomic mass is 32.1. The van der Waals surface area contributed by atoms with E-state index in [1.54, 1.807) is 0 Å². The molecule has 2 rings (SSSR count). The van der Waals surface area contributed by atoms with Crippen LogP contribution in [0.2, 0.25) is 0 Å². The third-order valence-electron chi connectivity index (χ3n) is 1.95. The second-order valence-corrected chi connectivity index (χ2v) is 4.12. The summed E-state index contributed by atoms with van der Waals surface area (Å²) >= 11 is 1.18. The summed E-state index contributed by atoms with van der Waals surface area (Å²) in [4.78, 5) is 22.4. The lowest BCUT2D eigenvalue weighted by atomic mass is 10.3. The van der Waals surface area contributed by atoms with Crippen LogP contribution in [0.1, 0.15) is 6.92 Å². The minimum atomic E-state index is -0.0681. The van der Waals surface area contributed by atoms with Crippen LogP contribution < -0.4 is 4.87 Å². The van der Waals surface area contributed by atoms with Crippen molar-refractivity contribution in [1.82, 2.24) is 4.57 Å². The Balaban J connectivity index is 2.68. The monoisotopic (exact) mass is 207 g/mol. The van der Waals surface area contributed by atoms with Crippen molar-refractivity contribution >= 4 is 27.3 Å². The van der Waals surface area contributed by atoms with Crippen LogP contribution in [0.5, 0.6) is 0 Å². The van der Waals surface area contributed by atoms with E-state index in [1.165, 1.54) is 22.8 Å². The fourth-order valence-corrected chi connectivity index (χ4v) is 2.28. The Hall–Kier alpha value is -1.42. The maximum atomic E-state index is 11.5. The summed E-state index contributed by atoms with van der Waals surface area (Å²) in [5.41, 5.74) is 0.845. The molecule has 0 unspecified atom stereocenters. The number of hydrogen-bond acceptors (Lipinski definition) is 3. The minimum absolute atomic E-state index is 0.00402. The molecule has 72 valence electrons. The molecule has 0 fully saturated rings. The van der Waals surface area contributed by atoms with Crippen LogP contribution in [0.4, 0.5) is 0 Å². The molecule has 0 amide bonds. The van der Waals surface area contributed by atoms with E-state index in [0.29, 0.717) is 0 Å². The number of hydrogen-bond donors (Lipinski definition) is 0. The number of nitrogens with zero attached hydrogens (tertiary/aromatic N) is 1. The quantitative estimate of drug-likeness (QED) is 0.751. The van der Waals surface area contributed by atoms with Crippen molar-refractivity contribution in [3.05, 3.63) is 33.9 Å². The second-order valence-electron chi connectivity index (χ2n) is 3.12. The van der Waals surface area contributed by atoms with Crippen LogP contribution >= 0.6 is 11.3 Å². The molecule has 2 aromatic rings. The molecule has 0 N–H and O–H groups in total. The van der Waals surface area contributed by atoms with E-state index < -0.39 is 0 Å². The molecular weight excluding hydrogens is 198 g/mol. The molecule has 1 aromatic carbocycles. The summed E-state index contributed by atoms with van der Waals surface area (Å²) in [5, 5.41) is 0. The Bertz CT molecular complexity index is 538. The standard InChI is InChI=1S/C10H9NO2S/c1-7(12)6-11-8-4-2-3-5-9(8)14-10(11)13/h2-5H,6H2,1H3. The minimum Gasteiger partial charge on any atom is -0.298 e. The molecule has 4 heteroatoms. The summed E-state index contributed by atoms with van der Waals surface area (Å²) in [6.07, 6.45) is 0. The molecular formula is C10H9NO2S. The summed E-state index contributed by atoms with van der Waals surface area (Å²) in [7, 11) is 0. The van der Waals surface area contributed by atoms with E-state index in [9.17, 15) is 9.59 Å². The predicted molar refractivity (Wildman–Crippen MR) is 56.8 cm³/mol. The molecule has 0 aliphatic rings. The van der Waals surface area contributed by atoms with Crippen molar-refractivity contribution in [3.8, 4) is 0 Å². The first-order valence-electron chi connectivity index (χ1n) is 4.26. The van der Waals surface area contributed by atoms with Crippen LogP contribution in [-0.2, 0) is 11.3 Å². The van der Waals surface area contributed by atoms with Gasteiger partial charge in [-0.05, 0) is 19.1 Å². The van der Waals surface area contributed by atoms with Gasteiger partial charge in [0.2, 0.25) is 0 Å². The van der Waals surface area contributed by atoms with Crippen molar-refractivity contribution in [1.29, 1.82) is 0 Å². The zero-order valence-electron chi connectivity index (χ0n) is 7.69. The van der Waals surface area contributed by atoms with Crippen molar-refractivity contribution in [2.24, 2.45) is 0 Å². The maximum absolute atomic E-state index is 11.5. The van der Waals surface area contributed by atoms with Gasteiger partial charge < -0.3 is 0 Å². The van der Waals surface area contributed by atoms with Gasteiger partial charge in [0.25, 0.3) is 0 Å². The molecule has 0 spiro atoms. The SMILES string of the molecule is CC(=O)Cn1c(=O)sc2ccccc21. The third-order valence-corrected chi connectivity index (χ3v) is 2.91. The zero-order chi connectivity index (χ0) is 10.1. The van der Waals surface area contributed by atoms with Gasteiger partial charge in [0.05, 0.1) is 16.8 Å². The topological polar surface area (TPSA) is 39.1 Å². The molecule has 0 aliphatic carbocycles. The molecule has 0 aliphatic heterocycles. The first-order valence-corrected chi connectivity index (χ1v) is 5.08.